The van der Waals surface area contributed by atoms with Gasteiger partial charge < -0.3 is 4.57 Å². The molecule has 0 fully saturated rings. The molecule has 0 N–H and O–H groups in total. The maximum Gasteiger partial charge on any atom is 0.416 e. The van der Waals surface area contributed by atoms with Crippen molar-refractivity contribution in [2.75, 3.05) is 14.1 Å². The fourth-order valence-corrected chi connectivity index (χ4v) is 4.19. The molecular weight excluding hydrogens is 435 g/mol. The van der Waals surface area contributed by atoms with Crippen LogP contribution in [0.15, 0.2) is 56.9 Å². The number of nitrogens with zero attached hydrogens (tertiary/aromatic N) is 3. The Morgan fingerprint density at radius 3 is 2.16 bits per heavy atom. The summed E-state index contributed by atoms with van der Waals surface area (Å²) < 4.78 is 67.5. The van der Waals surface area contributed by atoms with Gasteiger partial charge in [0.15, 0.2) is 0 Å². The van der Waals surface area contributed by atoms with Crippen LogP contribution in [0.5, 0.6) is 0 Å². The van der Waals surface area contributed by atoms with E-state index in [9.17, 15) is 31.2 Å². The maximum absolute atomic E-state index is 13.1. The Morgan fingerprint density at radius 2 is 1.58 bits per heavy atom. The molecule has 2 aromatic carbocycles. The third-order valence-electron chi connectivity index (χ3n) is 4.89. The molecule has 0 aliphatic rings. The number of halogens is 3. The molecular formula is C20H20F3N3O4S. The number of aryl methyl sites for hydroxylation is 1. The van der Waals surface area contributed by atoms with Crippen molar-refractivity contribution in [3.05, 3.63) is 74.3 Å². The molecule has 3 rings (SSSR count). The van der Waals surface area contributed by atoms with E-state index in [4.69, 9.17) is 0 Å². The smallest absolute Gasteiger partial charge is 0.302 e. The SMILES string of the molecule is CCn1c(=O)c(=O)n(Cc2cccc(C(F)(F)F)c2)c2cc(S(=O)(=O)N(C)C)ccc21. The van der Waals surface area contributed by atoms with Gasteiger partial charge in [-0.25, -0.2) is 12.7 Å². The lowest BCUT2D eigenvalue weighted by Crippen LogP contribution is -2.41. The van der Waals surface area contributed by atoms with E-state index >= 15 is 0 Å². The first-order valence-electron chi connectivity index (χ1n) is 9.24. The van der Waals surface area contributed by atoms with Gasteiger partial charge in [0, 0.05) is 20.6 Å². The second kappa shape index (κ2) is 7.97. The third-order valence-corrected chi connectivity index (χ3v) is 6.70. The average molecular weight is 455 g/mol. The van der Waals surface area contributed by atoms with Crippen LogP contribution in [0, 0.1) is 0 Å². The molecule has 0 spiro atoms. The normalized spacial score (nSPS) is 12.6. The molecule has 11 heteroatoms. The zero-order valence-corrected chi connectivity index (χ0v) is 17.8. The number of hydrogen-bond acceptors (Lipinski definition) is 4. The maximum atomic E-state index is 13.1. The van der Waals surface area contributed by atoms with Gasteiger partial charge in [0.05, 0.1) is 28.0 Å². The summed E-state index contributed by atoms with van der Waals surface area (Å²) in [5, 5.41) is 0. The van der Waals surface area contributed by atoms with Gasteiger partial charge in [-0.2, -0.15) is 13.2 Å². The Bertz CT molecular complexity index is 1370. The Morgan fingerprint density at radius 1 is 0.935 bits per heavy atom. The van der Waals surface area contributed by atoms with E-state index < -0.39 is 32.9 Å². The predicted octanol–water partition coefficient (Wildman–Crippen LogP) is 2.50. The molecule has 0 aliphatic heterocycles. The summed E-state index contributed by atoms with van der Waals surface area (Å²) in [4.78, 5) is 25.2. The number of sulfonamides is 1. The Labute approximate surface area is 176 Å². The van der Waals surface area contributed by atoms with Crippen LogP contribution in [0.3, 0.4) is 0 Å². The van der Waals surface area contributed by atoms with Crippen molar-refractivity contribution < 1.29 is 21.6 Å². The van der Waals surface area contributed by atoms with Gasteiger partial charge >= 0.3 is 17.3 Å². The second-order valence-corrected chi connectivity index (χ2v) is 9.23. The van der Waals surface area contributed by atoms with Crippen molar-refractivity contribution >= 4 is 21.1 Å². The van der Waals surface area contributed by atoms with Crippen LogP contribution >= 0.6 is 0 Å². The lowest BCUT2D eigenvalue weighted by Gasteiger charge is -2.17. The summed E-state index contributed by atoms with van der Waals surface area (Å²) in [6.07, 6.45) is -4.57. The molecule has 0 unspecified atom stereocenters. The average Bonchev–Trinajstić information content (AvgIpc) is 2.71. The van der Waals surface area contributed by atoms with E-state index in [0.29, 0.717) is 5.52 Å². The van der Waals surface area contributed by atoms with Crippen LogP contribution in [-0.2, 0) is 29.3 Å². The summed E-state index contributed by atoms with van der Waals surface area (Å²) in [7, 11) is -1.15. The van der Waals surface area contributed by atoms with Gasteiger partial charge in [0.2, 0.25) is 10.0 Å². The van der Waals surface area contributed by atoms with E-state index in [1.807, 2.05) is 0 Å². The molecule has 1 heterocycles. The zero-order chi connectivity index (χ0) is 23.1. The van der Waals surface area contributed by atoms with Crippen molar-refractivity contribution in [1.29, 1.82) is 0 Å². The first kappa shape index (κ1) is 22.8. The monoisotopic (exact) mass is 455 g/mol. The van der Waals surface area contributed by atoms with Crippen LogP contribution < -0.4 is 11.1 Å². The second-order valence-electron chi connectivity index (χ2n) is 7.08. The molecule has 0 aliphatic carbocycles. The Kier molecular flexibility index (Phi) is 5.85. The largest absolute Gasteiger partial charge is 0.416 e. The van der Waals surface area contributed by atoms with Crippen molar-refractivity contribution in [2.45, 2.75) is 31.1 Å². The standard InChI is InChI=1S/C20H20F3N3O4S/c1-4-25-16-9-8-15(31(29,30)24(2)3)11-17(16)26(19(28)18(25)27)12-13-6-5-7-14(10-13)20(21,22)23/h5-11H,4,12H2,1-3H3. The summed E-state index contributed by atoms with van der Waals surface area (Å²) in [5.41, 5.74) is -2.10. The number of fused-ring (bicyclic) bond motifs is 1. The van der Waals surface area contributed by atoms with Crippen molar-refractivity contribution in [2.24, 2.45) is 0 Å². The Hall–Kier alpha value is -2.92. The molecule has 166 valence electrons. The Balaban J connectivity index is 2.31. The molecule has 7 nitrogen and oxygen atoms in total. The first-order valence-corrected chi connectivity index (χ1v) is 10.7. The summed E-state index contributed by atoms with van der Waals surface area (Å²) >= 11 is 0. The first-order chi connectivity index (χ1) is 14.4. The third kappa shape index (κ3) is 4.15. The zero-order valence-electron chi connectivity index (χ0n) is 17.0. The van der Waals surface area contributed by atoms with Crippen LogP contribution in [0.2, 0.25) is 0 Å². The minimum absolute atomic E-state index is 0.108. The molecule has 3 aromatic rings. The predicted molar refractivity (Wildman–Crippen MR) is 110 cm³/mol. The number of alkyl halides is 3. The molecule has 31 heavy (non-hydrogen) atoms. The highest BCUT2D eigenvalue weighted by Gasteiger charge is 2.30. The van der Waals surface area contributed by atoms with E-state index in [2.05, 4.69) is 0 Å². The van der Waals surface area contributed by atoms with Crippen molar-refractivity contribution in [3.8, 4) is 0 Å². The van der Waals surface area contributed by atoms with E-state index in [1.165, 1.54) is 49.0 Å². The molecule has 0 amide bonds. The number of rotatable bonds is 5. The van der Waals surface area contributed by atoms with Gasteiger partial charge in [0.1, 0.15) is 0 Å². The van der Waals surface area contributed by atoms with Gasteiger partial charge in [-0.1, -0.05) is 12.1 Å². The van der Waals surface area contributed by atoms with Gasteiger partial charge in [0.25, 0.3) is 0 Å². The topological polar surface area (TPSA) is 81.4 Å². The van der Waals surface area contributed by atoms with Crippen LogP contribution in [0.25, 0.3) is 11.0 Å². The van der Waals surface area contributed by atoms with Gasteiger partial charge in [-0.15, -0.1) is 0 Å². The minimum Gasteiger partial charge on any atom is -0.302 e. The van der Waals surface area contributed by atoms with Crippen molar-refractivity contribution in [3.63, 3.8) is 0 Å². The van der Waals surface area contributed by atoms with Gasteiger partial charge in [-0.05, 0) is 42.8 Å². The fourth-order valence-electron chi connectivity index (χ4n) is 3.27. The summed E-state index contributed by atoms with van der Waals surface area (Å²) in [6.45, 7) is 1.49. The van der Waals surface area contributed by atoms with Crippen LogP contribution in [-0.4, -0.2) is 36.0 Å². The highest BCUT2D eigenvalue weighted by Crippen LogP contribution is 2.30. The summed E-state index contributed by atoms with van der Waals surface area (Å²) in [5.74, 6) is 0. The van der Waals surface area contributed by atoms with Crippen molar-refractivity contribution in [1.82, 2.24) is 13.4 Å². The molecule has 0 saturated carbocycles. The van der Waals surface area contributed by atoms with Gasteiger partial charge in [-0.3, -0.25) is 14.2 Å². The number of aromatic nitrogens is 2. The molecule has 0 saturated heterocycles. The lowest BCUT2D eigenvalue weighted by atomic mass is 10.1. The molecule has 0 atom stereocenters. The molecule has 0 bridgehead atoms. The summed E-state index contributed by atoms with van der Waals surface area (Å²) in [6, 6.07) is 8.40. The number of hydrogen-bond donors (Lipinski definition) is 0. The van der Waals surface area contributed by atoms with E-state index in [1.54, 1.807) is 6.92 Å². The van der Waals surface area contributed by atoms with E-state index in [0.717, 1.165) is 21.0 Å². The van der Waals surface area contributed by atoms with Crippen LogP contribution in [0.4, 0.5) is 13.2 Å². The quantitative estimate of drug-likeness (QED) is 0.554. The number of benzene rings is 2. The van der Waals surface area contributed by atoms with Crippen LogP contribution in [0.1, 0.15) is 18.1 Å². The van der Waals surface area contributed by atoms with E-state index in [-0.39, 0.29) is 29.1 Å². The fraction of sp³-hybridized carbons (Fsp3) is 0.300. The highest BCUT2D eigenvalue weighted by atomic mass is 32.2. The molecule has 0 radical (unpaired) electrons. The molecule has 1 aromatic heterocycles. The lowest BCUT2D eigenvalue weighted by molar-refractivity contribution is -0.137. The highest BCUT2D eigenvalue weighted by molar-refractivity contribution is 7.89. The minimum atomic E-state index is -4.57.